The molecule has 11 heavy (non-hydrogen) atoms. The van der Waals surface area contributed by atoms with Crippen molar-refractivity contribution in [2.45, 2.75) is 5.38 Å². The van der Waals surface area contributed by atoms with Crippen molar-refractivity contribution < 1.29 is 8.42 Å². The minimum absolute atomic E-state index is 0.0571. The van der Waals surface area contributed by atoms with E-state index in [2.05, 4.69) is 0 Å². The van der Waals surface area contributed by atoms with Crippen LogP contribution in [0.15, 0.2) is 9.40 Å². The van der Waals surface area contributed by atoms with Crippen LogP contribution in [0.2, 0.25) is 0 Å². The lowest BCUT2D eigenvalue weighted by Gasteiger charge is -1.94. The quantitative estimate of drug-likeness (QED) is 0.488. The van der Waals surface area contributed by atoms with Crippen LogP contribution < -0.4 is 0 Å². The largest absolute Gasteiger partial charge is 0.226 e. The second-order valence-corrected chi connectivity index (χ2v) is 5.31. The average Bonchev–Trinajstić information content (AvgIpc) is 2.17. The van der Waals surface area contributed by atoms with Gasteiger partial charge in [0.25, 0.3) is 0 Å². The first-order chi connectivity index (χ1) is 5.04. The Morgan fingerprint density at radius 1 is 1.36 bits per heavy atom. The van der Waals surface area contributed by atoms with Crippen molar-refractivity contribution in [2.75, 3.05) is 0 Å². The summed E-state index contributed by atoms with van der Waals surface area (Å²) in [7, 11) is -2.33. The number of alkyl halides is 1. The molecular weight excluding hydrogens is 251 g/mol. The molecule has 0 aromatic carbocycles. The van der Waals surface area contributed by atoms with Crippen LogP contribution in [0.1, 0.15) is 0 Å². The lowest BCUT2D eigenvalue weighted by atomic mass is 10.5. The van der Waals surface area contributed by atoms with Gasteiger partial charge in [-0.05, 0) is 0 Å². The first-order valence-corrected chi connectivity index (χ1v) is 5.45. The van der Waals surface area contributed by atoms with Crippen molar-refractivity contribution in [3.05, 3.63) is 9.40 Å². The summed E-state index contributed by atoms with van der Waals surface area (Å²) in [6.07, 6.45) is 0. The highest BCUT2D eigenvalue weighted by atomic mass is 35.5. The molecule has 0 fully saturated rings. The van der Waals surface area contributed by atoms with Crippen molar-refractivity contribution in [1.82, 2.24) is 0 Å². The Labute approximate surface area is 84.0 Å². The van der Waals surface area contributed by atoms with E-state index in [4.69, 9.17) is 34.8 Å². The second kappa shape index (κ2) is 3.58. The molecule has 0 saturated heterocycles. The predicted molar refractivity (Wildman–Crippen MR) is 49.9 cm³/mol. The van der Waals surface area contributed by atoms with Crippen LogP contribution in [0.3, 0.4) is 0 Å². The number of hydrogen-bond acceptors (Lipinski definition) is 3. The molecule has 1 unspecified atom stereocenters. The lowest BCUT2D eigenvalue weighted by molar-refractivity contribution is 0.627. The molecule has 0 spiro atoms. The summed E-state index contributed by atoms with van der Waals surface area (Å²) in [6, 6.07) is 0. The van der Waals surface area contributed by atoms with E-state index in [9.17, 15) is 8.42 Å². The van der Waals surface area contributed by atoms with Crippen LogP contribution in [0.25, 0.3) is 0 Å². The van der Waals surface area contributed by atoms with Gasteiger partial charge in [0, 0.05) is 0 Å². The maximum absolute atomic E-state index is 10.4. The van der Waals surface area contributed by atoms with Gasteiger partial charge >= 0.3 is 0 Å². The van der Waals surface area contributed by atoms with Gasteiger partial charge in [-0.25, -0.2) is 0 Å². The van der Waals surface area contributed by atoms with Crippen LogP contribution in [0.5, 0.6) is 0 Å². The summed E-state index contributed by atoms with van der Waals surface area (Å²) in [5.74, 6) is 0. The number of hydrogen-bond donors (Lipinski definition) is 0. The van der Waals surface area contributed by atoms with E-state index in [0.717, 1.165) is 11.8 Å². The SMILES string of the molecule is O=S(=O)=C1SC(Cl)=C(Cl)C1Cl. The maximum Gasteiger partial charge on any atom is 0.226 e. The monoisotopic (exact) mass is 250 g/mol. The maximum atomic E-state index is 10.4. The van der Waals surface area contributed by atoms with E-state index in [0.29, 0.717) is 0 Å². The van der Waals surface area contributed by atoms with Crippen LogP contribution in [0, 0.1) is 0 Å². The highest BCUT2D eigenvalue weighted by molar-refractivity contribution is 8.26. The molecule has 0 aromatic rings. The molecule has 7 heteroatoms. The van der Waals surface area contributed by atoms with E-state index >= 15 is 0 Å². The zero-order valence-electron chi connectivity index (χ0n) is 4.84. The van der Waals surface area contributed by atoms with Gasteiger partial charge in [-0.3, -0.25) is 0 Å². The molecule has 1 atom stereocenters. The summed E-state index contributed by atoms with van der Waals surface area (Å²) >= 11 is 17.5. The summed E-state index contributed by atoms with van der Waals surface area (Å²) in [6.45, 7) is 0. The molecule has 1 aliphatic rings. The van der Waals surface area contributed by atoms with Gasteiger partial charge in [-0.15, -0.1) is 11.6 Å². The molecule has 0 bridgehead atoms. The zero-order chi connectivity index (χ0) is 8.59. The second-order valence-electron chi connectivity index (χ2n) is 1.64. The Morgan fingerprint density at radius 3 is 2.09 bits per heavy atom. The Bertz CT molecular complexity index is 334. The summed E-state index contributed by atoms with van der Waals surface area (Å²) in [5.41, 5.74) is 0. The third-order valence-corrected chi connectivity index (χ3v) is 4.89. The van der Waals surface area contributed by atoms with Gasteiger partial charge in [0.1, 0.15) is 9.57 Å². The fourth-order valence-corrected chi connectivity index (χ4v) is 3.36. The first kappa shape index (κ1) is 9.74. The highest BCUT2D eigenvalue weighted by Crippen LogP contribution is 2.40. The fourth-order valence-electron chi connectivity index (χ4n) is 0.510. The molecule has 62 valence electrons. The third kappa shape index (κ3) is 1.87. The van der Waals surface area contributed by atoms with Crippen molar-refractivity contribution in [3.63, 3.8) is 0 Å². The van der Waals surface area contributed by atoms with Crippen molar-refractivity contribution in [3.8, 4) is 0 Å². The lowest BCUT2D eigenvalue weighted by Crippen LogP contribution is -2.05. The Balaban J connectivity index is 3.16. The molecule has 1 aliphatic heterocycles. The molecule has 0 aromatic heterocycles. The predicted octanol–water partition coefficient (Wildman–Crippen LogP) is 2.00. The van der Waals surface area contributed by atoms with Gasteiger partial charge in [0.05, 0.1) is 9.40 Å². The molecule has 1 heterocycles. The summed E-state index contributed by atoms with van der Waals surface area (Å²) in [5, 5.41) is -0.620. The molecule has 0 aliphatic carbocycles. The summed E-state index contributed by atoms with van der Waals surface area (Å²) < 4.78 is 21.1. The fraction of sp³-hybridized carbons (Fsp3) is 0.250. The third-order valence-electron chi connectivity index (χ3n) is 0.972. The van der Waals surface area contributed by atoms with Gasteiger partial charge in [0.15, 0.2) is 0 Å². The highest BCUT2D eigenvalue weighted by Gasteiger charge is 2.30. The molecule has 0 amide bonds. The van der Waals surface area contributed by atoms with Crippen LogP contribution >= 0.6 is 46.6 Å². The van der Waals surface area contributed by atoms with Gasteiger partial charge < -0.3 is 0 Å². The smallest absolute Gasteiger partial charge is 0.184 e. The van der Waals surface area contributed by atoms with E-state index < -0.39 is 15.7 Å². The average molecular weight is 252 g/mol. The van der Waals surface area contributed by atoms with Crippen LogP contribution in [-0.2, 0) is 10.3 Å². The normalized spacial score (nSPS) is 24.6. The van der Waals surface area contributed by atoms with E-state index in [1.54, 1.807) is 0 Å². The van der Waals surface area contributed by atoms with Gasteiger partial charge in [-0.2, -0.15) is 8.42 Å². The molecular formula is C4HCl3O2S2. The van der Waals surface area contributed by atoms with Crippen molar-refractivity contribution in [2.24, 2.45) is 0 Å². The van der Waals surface area contributed by atoms with Gasteiger partial charge in [0.2, 0.25) is 10.3 Å². The number of thioether (sulfide) groups is 1. The molecule has 0 saturated carbocycles. The topological polar surface area (TPSA) is 34.1 Å². The zero-order valence-corrected chi connectivity index (χ0v) is 8.75. The molecule has 1 rings (SSSR count). The standard InChI is InChI=1S/C4HCl3O2S2/c5-1-2(6)4(11(8)9)10-3(1)7/h2H. The molecule has 2 nitrogen and oxygen atoms in total. The summed E-state index contributed by atoms with van der Waals surface area (Å²) in [4.78, 5) is 0. The van der Waals surface area contributed by atoms with Crippen LogP contribution in [-0.4, -0.2) is 18.0 Å². The van der Waals surface area contributed by atoms with Crippen molar-refractivity contribution in [1.29, 1.82) is 0 Å². The van der Waals surface area contributed by atoms with E-state index in [1.807, 2.05) is 0 Å². The molecule has 0 radical (unpaired) electrons. The number of rotatable bonds is 0. The Hall–Kier alpha value is 0.650. The van der Waals surface area contributed by atoms with E-state index in [-0.39, 0.29) is 13.6 Å². The number of halogens is 3. The minimum Gasteiger partial charge on any atom is -0.184 e. The Kier molecular flexibility index (Phi) is 3.17. The van der Waals surface area contributed by atoms with Crippen LogP contribution in [0.4, 0.5) is 0 Å². The molecule has 0 N–H and O–H groups in total. The van der Waals surface area contributed by atoms with E-state index in [1.165, 1.54) is 0 Å². The number of allylic oxidation sites excluding steroid dienone is 1. The Morgan fingerprint density at radius 2 is 1.91 bits per heavy atom. The first-order valence-electron chi connectivity index (χ1n) is 2.37. The van der Waals surface area contributed by atoms with Crippen molar-refractivity contribution >= 4 is 61.1 Å². The minimum atomic E-state index is -2.33. The van der Waals surface area contributed by atoms with Gasteiger partial charge in [-0.1, -0.05) is 35.0 Å².